The molecule has 0 fully saturated rings. The standard InChI is InChI=1S/C20H27N3O3.HI/c1-4-11-26-14-16-8-6-5-7-15(16)13-22-20(21)23-18-12-17(24-2)9-10-19(18)25-3;/h5-10,12H,4,11,13-14H2,1-3H3,(H3,21,22,23);1H. The lowest BCUT2D eigenvalue weighted by atomic mass is 10.1. The molecule has 0 spiro atoms. The van der Waals surface area contributed by atoms with Crippen LogP contribution in [0.3, 0.4) is 0 Å². The minimum atomic E-state index is 0. The van der Waals surface area contributed by atoms with Gasteiger partial charge in [-0.15, -0.1) is 24.0 Å². The van der Waals surface area contributed by atoms with E-state index >= 15 is 0 Å². The van der Waals surface area contributed by atoms with Crippen LogP contribution in [-0.4, -0.2) is 26.8 Å². The number of aliphatic imine (C=N–C) groups is 1. The first-order valence-corrected chi connectivity index (χ1v) is 8.61. The summed E-state index contributed by atoms with van der Waals surface area (Å²) in [6.07, 6.45) is 1.000. The summed E-state index contributed by atoms with van der Waals surface area (Å²) in [4.78, 5) is 4.44. The molecule has 0 heterocycles. The molecule has 0 saturated carbocycles. The van der Waals surface area contributed by atoms with Crippen LogP contribution in [0.25, 0.3) is 0 Å². The van der Waals surface area contributed by atoms with Gasteiger partial charge in [-0.05, 0) is 29.7 Å². The van der Waals surface area contributed by atoms with Gasteiger partial charge in [0, 0.05) is 12.7 Å². The Morgan fingerprint density at radius 3 is 2.48 bits per heavy atom. The number of nitrogens with one attached hydrogen (secondary N) is 1. The van der Waals surface area contributed by atoms with Gasteiger partial charge in [0.05, 0.1) is 33.1 Å². The van der Waals surface area contributed by atoms with E-state index < -0.39 is 0 Å². The second kappa shape index (κ2) is 12.4. The van der Waals surface area contributed by atoms with Crippen molar-refractivity contribution >= 4 is 35.6 Å². The molecule has 0 aliphatic heterocycles. The Hall–Kier alpha value is -2.00. The van der Waals surface area contributed by atoms with Gasteiger partial charge in [0.25, 0.3) is 0 Å². The molecule has 2 aromatic carbocycles. The summed E-state index contributed by atoms with van der Waals surface area (Å²) in [5, 5.41) is 3.07. The van der Waals surface area contributed by atoms with Crippen molar-refractivity contribution in [1.82, 2.24) is 0 Å². The molecule has 0 aromatic heterocycles. The van der Waals surface area contributed by atoms with Crippen molar-refractivity contribution in [2.75, 3.05) is 26.1 Å². The molecule has 27 heavy (non-hydrogen) atoms. The Kier molecular flexibility index (Phi) is 10.6. The van der Waals surface area contributed by atoms with Crippen molar-refractivity contribution in [3.05, 3.63) is 53.6 Å². The first-order chi connectivity index (χ1) is 12.7. The highest BCUT2D eigenvalue weighted by molar-refractivity contribution is 14.0. The molecule has 0 unspecified atom stereocenters. The van der Waals surface area contributed by atoms with E-state index in [1.54, 1.807) is 14.2 Å². The highest BCUT2D eigenvalue weighted by Gasteiger charge is 2.07. The summed E-state index contributed by atoms with van der Waals surface area (Å²) in [6.45, 7) is 3.89. The van der Waals surface area contributed by atoms with Crippen LogP contribution < -0.4 is 20.5 Å². The highest BCUT2D eigenvalue weighted by Crippen LogP contribution is 2.28. The molecular weight excluding hydrogens is 457 g/mol. The topological polar surface area (TPSA) is 78.1 Å². The number of guanidine groups is 1. The summed E-state index contributed by atoms with van der Waals surface area (Å²) in [5.41, 5.74) is 8.96. The fourth-order valence-electron chi connectivity index (χ4n) is 2.44. The Balaban J connectivity index is 0.00000364. The van der Waals surface area contributed by atoms with E-state index in [2.05, 4.69) is 23.3 Å². The van der Waals surface area contributed by atoms with Gasteiger partial charge < -0.3 is 25.3 Å². The number of anilines is 1. The maximum atomic E-state index is 6.05. The van der Waals surface area contributed by atoms with E-state index in [9.17, 15) is 0 Å². The molecule has 7 heteroatoms. The molecule has 148 valence electrons. The van der Waals surface area contributed by atoms with E-state index in [1.807, 2.05) is 36.4 Å². The summed E-state index contributed by atoms with van der Waals surface area (Å²) in [5.74, 6) is 1.68. The van der Waals surface area contributed by atoms with Gasteiger partial charge in [0.15, 0.2) is 5.96 Å². The minimum absolute atomic E-state index is 0. The quantitative estimate of drug-likeness (QED) is 0.241. The average Bonchev–Trinajstić information content (AvgIpc) is 2.67. The Morgan fingerprint density at radius 2 is 1.81 bits per heavy atom. The van der Waals surface area contributed by atoms with Crippen molar-refractivity contribution in [3.8, 4) is 11.5 Å². The number of hydrogen-bond donors (Lipinski definition) is 2. The second-order valence-corrected chi connectivity index (χ2v) is 5.71. The monoisotopic (exact) mass is 485 g/mol. The molecule has 0 radical (unpaired) electrons. The maximum absolute atomic E-state index is 6.05. The molecule has 0 atom stereocenters. The average molecular weight is 485 g/mol. The lowest BCUT2D eigenvalue weighted by Crippen LogP contribution is -2.23. The smallest absolute Gasteiger partial charge is 0.193 e. The van der Waals surface area contributed by atoms with Crippen molar-refractivity contribution in [1.29, 1.82) is 0 Å². The zero-order chi connectivity index (χ0) is 18.8. The van der Waals surface area contributed by atoms with Crippen LogP contribution >= 0.6 is 24.0 Å². The van der Waals surface area contributed by atoms with Crippen LogP contribution in [0.15, 0.2) is 47.5 Å². The lowest BCUT2D eigenvalue weighted by molar-refractivity contribution is 0.121. The van der Waals surface area contributed by atoms with E-state index in [4.69, 9.17) is 19.9 Å². The summed E-state index contributed by atoms with van der Waals surface area (Å²) < 4.78 is 16.2. The van der Waals surface area contributed by atoms with Gasteiger partial charge in [-0.1, -0.05) is 31.2 Å². The summed E-state index contributed by atoms with van der Waals surface area (Å²) in [6, 6.07) is 13.5. The number of halogens is 1. The highest BCUT2D eigenvalue weighted by atomic mass is 127. The molecule has 2 rings (SSSR count). The van der Waals surface area contributed by atoms with E-state index in [1.165, 1.54) is 0 Å². The number of nitrogens with two attached hydrogens (primary N) is 1. The number of benzene rings is 2. The van der Waals surface area contributed by atoms with Crippen LogP contribution in [0, 0.1) is 0 Å². The van der Waals surface area contributed by atoms with Crippen LogP contribution in [0.2, 0.25) is 0 Å². The van der Waals surface area contributed by atoms with Gasteiger partial charge in [0.1, 0.15) is 11.5 Å². The third-order valence-electron chi connectivity index (χ3n) is 3.81. The molecule has 3 N–H and O–H groups in total. The van der Waals surface area contributed by atoms with E-state index in [-0.39, 0.29) is 24.0 Å². The largest absolute Gasteiger partial charge is 0.497 e. The number of nitrogens with zero attached hydrogens (tertiary/aromatic N) is 1. The van der Waals surface area contributed by atoms with Crippen molar-refractivity contribution < 1.29 is 14.2 Å². The molecule has 0 aliphatic rings. The van der Waals surface area contributed by atoms with E-state index in [0.29, 0.717) is 36.3 Å². The van der Waals surface area contributed by atoms with Gasteiger partial charge in [0.2, 0.25) is 0 Å². The number of hydrogen-bond acceptors (Lipinski definition) is 4. The Bertz CT molecular complexity index is 738. The minimum Gasteiger partial charge on any atom is -0.497 e. The number of rotatable bonds is 9. The normalized spacial score (nSPS) is 10.9. The maximum Gasteiger partial charge on any atom is 0.193 e. The first-order valence-electron chi connectivity index (χ1n) is 8.61. The first kappa shape index (κ1) is 23.0. The predicted molar refractivity (Wildman–Crippen MR) is 120 cm³/mol. The Labute approximate surface area is 178 Å². The Morgan fingerprint density at radius 1 is 1.07 bits per heavy atom. The van der Waals surface area contributed by atoms with Crippen molar-refractivity contribution in [2.24, 2.45) is 10.7 Å². The number of ether oxygens (including phenoxy) is 3. The zero-order valence-corrected chi connectivity index (χ0v) is 18.4. The van der Waals surface area contributed by atoms with E-state index in [0.717, 1.165) is 24.2 Å². The van der Waals surface area contributed by atoms with Gasteiger partial charge >= 0.3 is 0 Å². The SMILES string of the molecule is CCCOCc1ccccc1CN=C(N)Nc1cc(OC)ccc1OC.I. The molecule has 0 amide bonds. The van der Waals surface area contributed by atoms with Crippen LogP contribution in [0.5, 0.6) is 11.5 Å². The summed E-state index contributed by atoms with van der Waals surface area (Å²) >= 11 is 0. The molecule has 0 bridgehead atoms. The van der Waals surface area contributed by atoms with Crippen molar-refractivity contribution in [2.45, 2.75) is 26.5 Å². The third-order valence-corrected chi connectivity index (χ3v) is 3.81. The second-order valence-electron chi connectivity index (χ2n) is 5.71. The number of methoxy groups -OCH3 is 2. The molecule has 0 saturated heterocycles. The predicted octanol–water partition coefficient (Wildman–Crippen LogP) is 4.18. The van der Waals surface area contributed by atoms with Crippen molar-refractivity contribution in [3.63, 3.8) is 0 Å². The lowest BCUT2D eigenvalue weighted by Gasteiger charge is -2.12. The molecule has 6 nitrogen and oxygen atoms in total. The van der Waals surface area contributed by atoms with Crippen LogP contribution in [0.1, 0.15) is 24.5 Å². The fourth-order valence-corrected chi connectivity index (χ4v) is 2.44. The van der Waals surface area contributed by atoms with Crippen LogP contribution in [-0.2, 0) is 17.9 Å². The van der Waals surface area contributed by atoms with Gasteiger partial charge in [-0.25, -0.2) is 4.99 Å². The van der Waals surface area contributed by atoms with Crippen LogP contribution in [0.4, 0.5) is 5.69 Å². The fraction of sp³-hybridized carbons (Fsp3) is 0.350. The molecular formula is C20H28IN3O3. The third kappa shape index (κ3) is 7.26. The zero-order valence-electron chi connectivity index (χ0n) is 16.0. The molecule has 2 aromatic rings. The van der Waals surface area contributed by atoms with Gasteiger partial charge in [-0.2, -0.15) is 0 Å². The molecule has 0 aliphatic carbocycles. The van der Waals surface area contributed by atoms with Gasteiger partial charge in [-0.3, -0.25) is 0 Å². The summed E-state index contributed by atoms with van der Waals surface area (Å²) in [7, 11) is 3.22.